The number of aromatic nitrogens is 1. The van der Waals surface area contributed by atoms with Crippen molar-refractivity contribution in [1.29, 1.82) is 0 Å². The van der Waals surface area contributed by atoms with Gasteiger partial charge < -0.3 is 0 Å². The first-order valence-electron chi connectivity index (χ1n) is 4.83. The van der Waals surface area contributed by atoms with Gasteiger partial charge in [0.25, 0.3) is 0 Å². The zero-order valence-corrected chi connectivity index (χ0v) is 8.43. The Kier molecular flexibility index (Phi) is 2.88. The van der Waals surface area contributed by atoms with Crippen LogP contribution in [0.2, 0.25) is 0 Å². The molecule has 0 unspecified atom stereocenters. The van der Waals surface area contributed by atoms with Crippen LogP contribution >= 0.6 is 0 Å². The fourth-order valence-electron chi connectivity index (χ4n) is 1.35. The van der Waals surface area contributed by atoms with Crippen molar-refractivity contribution in [3.63, 3.8) is 0 Å². The molecule has 1 aliphatic heterocycles. The quantitative estimate of drug-likeness (QED) is 0.626. The Bertz CT molecular complexity index is 453. The van der Waals surface area contributed by atoms with E-state index in [-0.39, 0.29) is 0 Å². The van der Waals surface area contributed by atoms with E-state index in [1.807, 2.05) is 36.4 Å². The molecule has 0 saturated carbocycles. The van der Waals surface area contributed by atoms with Crippen molar-refractivity contribution >= 4 is 12.3 Å². The van der Waals surface area contributed by atoms with Crippen LogP contribution in [0.4, 0.5) is 0 Å². The lowest BCUT2D eigenvalue weighted by atomic mass is 10.1. The fraction of sp³-hybridized carbons (Fsp3) is 0.0769. The van der Waals surface area contributed by atoms with Gasteiger partial charge in [-0.25, -0.2) is 0 Å². The molecule has 0 amide bonds. The van der Waals surface area contributed by atoms with E-state index in [0.29, 0.717) is 6.54 Å². The van der Waals surface area contributed by atoms with E-state index < -0.39 is 0 Å². The maximum atomic E-state index is 4.30. The summed E-state index contributed by atoms with van der Waals surface area (Å²) in [6, 6.07) is 3.96. The molecule has 1 aliphatic rings. The Hall–Kier alpha value is -1.96. The summed E-state index contributed by atoms with van der Waals surface area (Å²) in [5.41, 5.74) is 3.05. The van der Waals surface area contributed by atoms with Crippen LogP contribution < -0.4 is 0 Å². The Morgan fingerprint density at radius 3 is 3.07 bits per heavy atom. The lowest BCUT2D eigenvalue weighted by molar-refractivity contribution is 0.990. The van der Waals surface area contributed by atoms with Gasteiger partial charge in [-0.3, -0.25) is 9.98 Å². The highest BCUT2D eigenvalue weighted by molar-refractivity contribution is 5.73. The maximum absolute atomic E-state index is 4.30. The summed E-state index contributed by atoms with van der Waals surface area (Å²) in [5, 5.41) is 0. The molecule has 1 aromatic heterocycles. The minimum atomic E-state index is 0.622. The molecule has 0 saturated heterocycles. The first-order valence-corrected chi connectivity index (χ1v) is 4.83. The maximum Gasteiger partial charge on any atom is 0.0817 e. The number of fused-ring (bicyclic) bond motifs is 1. The Balaban J connectivity index is 2.41. The molecule has 0 aromatic carbocycles. The molecule has 0 spiro atoms. The van der Waals surface area contributed by atoms with Gasteiger partial charge in [0, 0.05) is 12.4 Å². The average molecular weight is 196 g/mol. The summed E-state index contributed by atoms with van der Waals surface area (Å²) in [4.78, 5) is 8.56. The van der Waals surface area contributed by atoms with Gasteiger partial charge in [-0.05, 0) is 23.3 Å². The molecule has 2 nitrogen and oxygen atoms in total. The average Bonchev–Trinajstić information content (AvgIpc) is 2.27. The van der Waals surface area contributed by atoms with Gasteiger partial charge in [-0.15, -0.1) is 0 Å². The molecular formula is C13H12N2. The number of aliphatic imine (C=N–C) groups is 1. The zero-order chi connectivity index (χ0) is 10.5. The highest BCUT2D eigenvalue weighted by Crippen LogP contribution is 2.11. The van der Waals surface area contributed by atoms with E-state index >= 15 is 0 Å². The molecular weight excluding hydrogens is 184 g/mol. The molecule has 0 bridgehead atoms. The summed E-state index contributed by atoms with van der Waals surface area (Å²) in [6.07, 6.45) is 11.4. The van der Waals surface area contributed by atoms with Crippen molar-refractivity contribution in [3.8, 4) is 0 Å². The molecule has 2 rings (SSSR count). The summed E-state index contributed by atoms with van der Waals surface area (Å²) in [7, 11) is 0. The minimum absolute atomic E-state index is 0.622. The molecule has 0 radical (unpaired) electrons. The van der Waals surface area contributed by atoms with Gasteiger partial charge in [-0.2, -0.15) is 0 Å². The first kappa shape index (κ1) is 9.59. The molecule has 0 fully saturated rings. The third-order valence-electron chi connectivity index (χ3n) is 2.15. The van der Waals surface area contributed by atoms with Crippen LogP contribution in [0.25, 0.3) is 6.08 Å². The predicted octanol–water partition coefficient (Wildman–Crippen LogP) is 2.79. The monoisotopic (exact) mass is 196 g/mol. The second-order valence-electron chi connectivity index (χ2n) is 3.30. The Morgan fingerprint density at radius 1 is 1.20 bits per heavy atom. The molecule has 1 aromatic rings. The van der Waals surface area contributed by atoms with Crippen LogP contribution in [0.5, 0.6) is 0 Å². The number of hydrogen-bond acceptors (Lipinski definition) is 2. The number of nitrogens with zero attached hydrogens (tertiary/aromatic N) is 2. The van der Waals surface area contributed by atoms with Gasteiger partial charge in [0.1, 0.15) is 0 Å². The molecule has 2 heterocycles. The third kappa shape index (κ3) is 2.50. The van der Waals surface area contributed by atoms with Crippen LogP contribution in [0.1, 0.15) is 11.3 Å². The van der Waals surface area contributed by atoms with Crippen molar-refractivity contribution in [3.05, 3.63) is 60.0 Å². The van der Waals surface area contributed by atoms with Crippen molar-refractivity contribution in [1.82, 2.24) is 4.98 Å². The van der Waals surface area contributed by atoms with Crippen molar-refractivity contribution in [2.45, 2.75) is 6.54 Å². The van der Waals surface area contributed by atoms with Gasteiger partial charge in [0.05, 0.1) is 12.2 Å². The number of rotatable bonds is 0. The molecule has 15 heavy (non-hydrogen) atoms. The second kappa shape index (κ2) is 4.51. The van der Waals surface area contributed by atoms with Crippen LogP contribution in [0.3, 0.4) is 0 Å². The van der Waals surface area contributed by atoms with E-state index in [0.717, 1.165) is 16.8 Å². The molecule has 74 valence electrons. The number of allylic oxidation sites excluding steroid dienone is 4. The lowest BCUT2D eigenvalue weighted by Crippen LogP contribution is -1.92. The zero-order valence-electron chi connectivity index (χ0n) is 8.43. The van der Waals surface area contributed by atoms with E-state index in [1.54, 1.807) is 12.4 Å². The number of pyridine rings is 1. The predicted molar refractivity (Wildman–Crippen MR) is 63.7 cm³/mol. The summed E-state index contributed by atoms with van der Waals surface area (Å²) >= 11 is 0. The van der Waals surface area contributed by atoms with Crippen LogP contribution in [0, 0.1) is 0 Å². The fourth-order valence-corrected chi connectivity index (χ4v) is 1.35. The SMILES string of the molecule is C=C1C=Cc2cccnc2CN=C/C=C\1. The van der Waals surface area contributed by atoms with E-state index in [9.17, 15) is 0 Å². The normalized spacial score (nSPS) is 17.2. The van der Waals surface area contributed by atoms with Gasteiger partial charge in [0.15, 0.2) is 0 Å². The van der Waals surface area contributed by atoms with Gasteiger partial charge >= 0.3 is 0 Å². The molecule has 0 atom stereocenters. The van der Waals surface area contributed by atoms with Crippen molar-refractivity contribution < 1.29 is 0 Å². The highest BCUT2D eigenvalue weighted by Gasteiger charge is 1.98. The van der Waals surface area contributed by atoms with E-state index in [1.165, 1.54) is 0 Å². The van der Waals surface area contributed by atoms with E-state index in [2.05, 4.69) is 16.6 Å². The highest BCUT2D eigenvalue weighted by atomic mass is 14.8. The largest absolute Gasteiger partial charge is 0.287 e. The third-order valence-corrected chi connectivity index (χ3v) is 2.15. The summed E-state index contributed by atoms with van der Waals surface area (Å²) < 4.78 is 0. The van der Waals surface area contributed by atoms with Crippen LogP contribution in [0.15, 0.2) is 53.7 Å². The summed E-state index contributed by atoms with van der Waals surface area (Å²) in [6.45, 7) is 4.53. The summed E-state index contributed by atoms with van der Waals surface area (Å²) in [5.74, 6) is 0. The Morgan fingerprint density at radius 2 is 2.13 bits per heavy atom. The number of hydrogen-bond donors (Lipinski definition) is 0. The smallest absolute Gasteiger partial charge is 0.0817 e. The first-order chi connectivity index (χ1) is 7.36. The van der Waals surface area contributed by atoms with Gasteiger partial charge in [0.2, 0.25) is 0 Å². The van der Waals surface area contributed by atoms with E-state index in [4.69, 9.17) is 0 Å². The Labute approximate surface area is 89.4 Å². The van der Waals surface area contributed by atoms with Crippen LogP contribution in [-0.4, -0.2) is 11.2 Å². The lowest BCUT2D eigenvalue weighted by Gasteiger charge is -2.02. The van der Waals surface area contributed by atoms with Crippen LogP contribution in [-0.2, 0) is 6.54 Å². The topological polar surface area (TPSA) is 25.2 Å². The van der Waals surface area contributed by atoms with Gasteiger partial charge in [-0.1, -0.05) is 30.9 Å². The molecule has 0 N–H and O–H groups in total. The van der Waals surface area contributed by atoms with Crippen molar-refractivity contribution in [2.24, 2.45) is 4.99 Å². The molecule has 2 heteroatoms. The molecule has 0 aliphatic carbocycles. The van der Waals surface area contributed by atoms with Crippen molar-refractivity contribution in [2.75, 3.05) is 0 Å². The minimum Gasteiger partial charge on any atom is -0.287 e. The standard InChI is InChI=1S/C13H12N2/c1-11-4-2-8-14-10-13-12(7-6-11)5-3-9-15-13/h2-9H,1,10H2/b4-2-,7-6?,14-8?. The second-order valence-corrected chi connectivity index (χ2v) is 3.30.